The van der Waals surface area contributed by atoms with Gasteiger partial charge in [0.25, 0.3) is 0 Å². The summed E-state index contributed by atoms with van der Waals surface area (Å²) in [4.78, 5) is 13.2. The number of halogens is 1. The fourth-order valence-electron chi connectivity index (χ4n) is 4.57. The Morgan fingerprint density at radius 3 is 2.50 bits per heavy atom. The fraction of sp³-hybridized carbons (Fsp3) is 0.240. The third-order valence-corrected chi connectivity index (χ3v) is 6.07. The molecule has 5 rings (SSSR count). The van der Waals surface area contributed by atoms with Crippen LogP contribution >= 0.6 is 11.6 Å². The third-order valence-electron chi connectivity index (χ3n) is 5.82. The van der Waals surface area contributed by atoms with Crippen LogP contribution in [0, 0.1) is 5.41 Å². The number of ketones is 1. The zero-order valence-corrected chi connectivity index (χ0v) is 16.7. The fourth-order valence-corrected chi connectivity index (χ4v) is 4.70. The second kappa shape index (κ2) is 6.22. The Balaban J connectivity index is 1.79. The molecule has 140 valence electrons. The van der Waals surface area contributed by atoms with Crippen molar-refractivity contribution in [3.8, 4) is 5.75 Å². The Bertz CT molecular complexity index is 1140. The predicted molar refractivity (Wildman–Crippen MR) is 113 cm³/mol. The van der Waals surface area contributed by atoms with E-state index in [1.807, 2.05) is 36.4 Å². The van der Waals surface area contributed by atoms with Crippen LogP contribution in [0.3, 0.4) is 0 Å². The second-order valence-corrected chi connectivity index (χ2v) is 9.01. The van der Waals surface area contributed by atoms with Gasteiger partial charge in [0.15, 0.2) is 5.78 Å². The standard InChI is InChI=1S/C25H21ClO2/c1-25(2)13-20(27)23-21(14-25)28-24-18-6-4-3-5-15(18)9-12-19(24)22(23)16-7-10-17(26)11-8-16/h3-12,22H,13-14H2,1-2H3. The van der Waals surface area contributed by atoms with Crippen LogP contribution < -0.4 is 4.74 Å². The van der Waals surface area contributed by atoms with Crippen LogP contribution in [-0.2, 0) is 4.79 Å². The highest BCUT2D eigenvalue weighted by molar-refractivity contribution is 6.30. The molecule has 0 fully saturated rings. The molecule has 0 amide bonds. The van der Waals surface area contributed by atoms with Crippen molar-refractivity contribution < 1.29 is 9.53 Å². The summed E-state index contributed by atoms with van der Waals surface area (Å²) in [6.45, 7) is 4.27. The number of carbonyl (C=O) groups excluding carboxylic acids is 1. The van der Waals surface area contributed by atoms with Crippen molar-refractivity contribution in [3.63, 3.8) is 0 Å². The van der Waals surface area contributed by atoms with Crippen LogP contribution in [-0.4, -0.2) is 5.78 Å². The van der Waals surface area contributed by atoms with Crippen molar-refractivity contribution in [1.29, 1.82) is 0 Å². The Hall–Kier alpha value is -2.58. The van der Waals surface area contributed by atoms with Gasteiger partial charge in [-0.3, -0.25) is 4.79 Å². The first-order chi connectivity index (χ1) is 13.4. The number of benzene rings is 3. The van der Waals surface area contributed by atoms with E-state index in [9.17, 15) is 4.79 Å². The molecule has 0 bridgehead atoms. The predicted octanol–water partition coefficient (Wildman–Crippen LogP) is 6.66. The maximum Gasteiger partial charge on any atom is 0.163 e. The van der Waals surface area contributed by atoms with E-state index in [-0.39, 0.29) is 17.1 Å². The van der Waals surface area contributed by atoms with Crippen molar-refractivity contribution in [3.05, 3.63) is 88.1 Å². The van der Waals surface area contributed by atoms with E-state index in [0.717, 1.165) is 45.4 Å². The van der Waals surface area contributed by atoms with Crippen molar-refractivity contribution in [2.24, 2.45) is 5.41 Å². The summed E-state index contributed by atoms with van der Waals surface area (Å²) in [5, 5.41) is 2.92. The molecule has 0 saturated heterocycles. The molecule has 1 heterocycles. The molecule has 1 aliphatic carbocycles. The molecule has 28 heavy (non-hydrogen) atoms. The quantitative estimate of drug-likeness (QED) is 0.465. The molecule has 0 radical (unpaired) electrons. The summed E-state index contributed by atoms with van der Waals surface area (Å²) in [7, 11) is 0. The van der Waals surface area contributed by atoms with Crippen molar-refractivity contribution in [2.45, 2.75) is 32.6 Å². The van der Waals surface area contributed by atoms with Gasteiger partial charge in [0, 0.05) is 40.3 Å². The molecule has 3 aromatic carbocycles. The van der Waals surface area contributed by atoms with E-state index in [0.29, 0.717) is 11.4 Å². The lowest BCUT2D eigenvalue weighted by molar-refractivity contribution is -0.118. The molecule has 3 aromatic rings. The number of allylic oxidation sites excluding steroid dienone is 2. The first-order valence-electron chi connectivity index (χ1n) is 9.64. The Morgan fingerprint density at radius 2 is 1.71 bits per heavy atom. The lowest BCUT2D eigenvalue weighted by atomic mass is 9.70. The molecule has 0 saturated carbocycles. The molecule has 3 heteroatoms. The number of Topliss-reactive ketones (excluding diaryl/α,β-unsaturated/α-hetero) is 1. The maximum atomic E-state index is 13.2. The summed E-state index contributed by atoms with van der Waals surface area (Å²) in [6, 6.07) is 20.3. The van der Waals surface area contributed by atoms with E-state index in [2.05, 4.69) is 38.1 Å². The highest BCUT2D eigenvalue weighted by atomic mass is 35.5. The number of hydrogen-bond acceptors (Lipinski definition) is 2. The normalized spacial score (nSPS) is 20.5. The van der Waals surface area contributed by atoms with Crippen LogP contribution in [0.15, 0.2) is 72.0 Å². The first-order valence-corrected chi connectivity index (χ1v) is 10.0. The number of hydrogen-bond donors (Lipinski definition) is 0. The number of carbonyl (C=O) groups is 1. The molecular weight excluding hydrogens is 368 g/mol. The van der Waals surface area contributed by atoms with Crippen LogP contribution in [0.4, 0.5) is 0 Å². The van der Waals surface area contributed by atoms with Gasteiger partial charge >= 0.3 is 0 Å². The SMILES string of the molecule is CC1(C)CC(=O)C2=C(C1)Oc1c(ccc3ccccc13)C2c1ccc(Cl)cc1. The average molecular weight is 389 g/mol. The van der Waals surface area contributed by atoms with Crippen LogP contribution in [0.2, 0.25) is 5.02 Å². The number of rotatable bonds is 1. The van der Waals surface area contributed by atoms with Gasteiger partial charge in [-0.2, -0.15) is 0 Å². The summed E-state index contributed by atoms with van der Waals surface area (Å²) in [5.74, 6) is 1.77. The molecule has 1 unspecified atom stereocenters. The van der Waals surface area contributed by atoms with Gasteiger partial charge in [0.2, 0.25) is 0 Å². The zero-order valence-electron chi connectivity index (χ0n) is 16.0. The van der Waals surface area contributed by atoms with Crippen LogP contribution in [0.5, 0.6) is 5.75 Å². The molecule has 2 aliphatic rings. The van der Waals surface area contributed by atoms with Crippen LogP contribution in [0.25, 0.3) is 10.8 Å². The van der Waals surface area contributed by atoms with Gasteiger partial charge in [-0.25, -0.2) is 0 Å². The van der Waals surface area contributed by atoms with Gasteiger partial charge in [0.05, 0.1) is 0 Å². The summed E-state index contributed by atoms with van der Waals surface area (Å²) in [5.41, 5.74) is 2.84. The summed E-state index contributed by atoms with van der Waals surface area (Å²) >= 11 is 6.13. The first kappa shape index (κ1) is 17.5. The molecule has 2 nitrogen and oxygen atoms in total. The molecule has 0 aromatic heterocycles. The monoisotopic (exact) mass is 388 g/mol. The van der Waals surface area contributed by atoms with Crippen molar-refractivity contribution >= 4 is 28.2 Å². The summed E-state index contributed by atoms with van der Waals surface area (Å²) in [6.07, 6.45) is 1.31. The smallest absolute Gasteiger partial charge is 0.163 e. The lowest BCUT2D eigenvalue weighted by Crippen LogP contribution is -2.32. The number of fused-ring (bicyclic) bond motifs is 3. The molecular formula is C25H21ClO2. The van der Waals surface area contributed by atoms with Gasteiger partial charge < -0.3 is 4.74 Å². The molecule has 0 spiro atoms. The Morgan fingerprint density at radius 1 is 0.964 bits per heavy atom. The number of ether oxygens (including phenoxy) is 1. The van der Waals surface area contributed by atoms with E-state index in [4.69, 9.17) is 16.3 Å². The Labute approximate surface area is 169 Å². The largest absolute Gasteiger partial charge is 0.460 e. The average Bonchev–Trinajstić information content (AvgIpc) is 2.66. The van der Waals surface area contributed by atoms with Crippen molar-refractivity contribution in [2.75, 3.05) is 0 Å². The summed E-state index contributed by atoms with van der Waals surface area (Å²) < 4.78 is 6.46. The molecule has 1 atom stereocenters. The van der Waals surface area contributed by atoms with E-state index >= 15 is 0 Å². The highest BCUT2D eigenvalue weighted by Gasteiger charge is 2.42. The maximum absolute atomic E-state index is 13.2. The highest BCUT2D eigenvalue weighted by Crippen LogP contribution is 2.51. The third kappa shape index (κ3) is 2.75. The van der Waals surface area contributed by atoms with Gasteiger partial charge in [-0.1, -0.05) is 74.0 Å². The van der Waals surface area contributed by atoms with Gasteiger partial charge in [-0.15, -0.1) is 0 Å². The van der Waals surface area contributed by atoms with Crippen LogP contribution in [0.1, 0.15) is 43.7 Å². The van der Waals surface area contributed by atoms with Crippen molar-refractivity contribution in [1.82, 2.24) is 0 Å². The molecule has 1 aliphatic heterocycles. The van der Waals surface area contributed by atoms with Gasteiger partial charge in [-0.05, 0) is 28.5 Å². The van der Waals surface area contributed by atoms with E-state index in [1.54, 1.807) is 0 Å². The second-order valence-electron chi connectivity index (χ2n) is 8.57. The Kier molecular flexibility index (Phi) is 3.89. The van der Waals surface area contributed by atoms with Gasteiger partial charge in [0.1, 0.15) is 11.5 Å². The minimum atomic E-state index is -0.121. The molecule has 0 N–H and O–H groups in total. The minimum absolute atomic E-state index is 0.0947. The lowest BCUT2D eigenvalue weighted by Gasteiger charge is -2.38. The van der Waals surface area contributed by atoms with E-state index < -0.39 is 0 Å². The minimum Gasteiger partial charge on any atom is -0.460 e. The zero-order chi connectivity index (χ0) is 19.5. The topological polar surface area (TPSA) is 26.3 Å². The van der Waals surface area contributed by atoms with E-state index in [1.165, 1.54) is 0 Å².